The van der Waals surface area contributed by atoms with Gasteiger partial charge in [-0.1, -0.05) is 72.1 Å². The molecule has 0 aliphatic carbocycles. The van der Waals surface area contributed by atoms with Gasteiger partial charge in [0.1, 0.15) is 0 Å². The number of amides is 2. The Morgan fingerprint density at radius 1 is 0.862 bits per heavy atom. The lowest BCUT2D eigenvalue weighted by Crippen LogP contribution is -2.27. The van der Waals surface area contributed by atoms with E-state index in [1.165, 1.54) is 12.5 Å². The molecule has 160 valence electrons. The third-order valence-corrected chi connectivity index (χ3v) is 5.31. The predicted octanol–water partition coefficient (Wildman–Crippen LogP) is 6.30. The van der Waals surface area contributed by atoms with Gasteiger partial charge < -0.3 is 10.2 Å². The lowest BCUT2D eigenvalue weighted by Gasteiger charge is -2.18. The molecule has 0 atom stereocenters. The van der Waals surface area contributed by atoms with Gasteiger partial charge in [0.25, 0.3) is 0 Å². The van der Waals surface area contributed by atoms with E-state index in [-0.39, 0.29) is 11.8 Å². The SMILES string of the molecule is BrCc1ccc(Br)cc1.CCN(Cc1ccc(Br)cc1)C(C)=O.CCNC(C)=O. The molecule has 0 spiro atoms. The van der Waals surface area contributed by atoms with E-state index >= 15 is 0 Å². The number of hydrogen-bond donors (Lipinski definition) is 1. The zero-order chi connectivity index (χ0) is 22.2. The summed E-state index contributed by atoms with van der Waals surface area (Å²) in [5.74, 6) is 0.160. The Morgan fingerprint density at radius 3 is 1.59 bits per heavy atom. The minimum absolute atomic E-state index is 0.0394. The summed E-state index contributed by atoms with van der Waals surface area (Å²) in [5.41, 5.74) is 2.46. The third-order valence-electron chi connectivity index (χ3n) is 3.61. The Bertz CT molecular complexity index is 720. The lowest BCUT2D eigenvalue weighted by molar-refractivity contribution is -0.129. The van der Waals surface area contributed by atoms with Crippen molar-refractivity contribution in [3.8, 4) is 0 Å². The Balaban J connectivity index is 0.000000448. The quantitative estimate of drug-likeness (QED) is 0.414. The summed E-state index contributed by atoms with van der Waals surface area (Å²) in [7, 11) is 0. The third kappa shape index (κ3) is 14.4. The van der Waals surface area contributed by atoms with Gasteiger partial charge in [-0.05, 0) is 49.2 Å². The zero-order valence-corrected chi connectivity index (χ0v) is 22.1. The largest absolute Gasteiger partial charge is 0.357 e. The smallest absolute Gasteiger partial charge is 0.219 e. The maximum Gasteiger partial charge on any atom is 0.219 e. The van der Waals surface area contributed by atoms with Gasteiger partial charge in [-0.3, -0.25) is 9.59 Å². The van der Waals surface area contributed by atoms with E-state index in [2.05, 4.69) is 65.2 Å². The average molecular weight is 593 g/mol. The van der Waals surface area contributed by atoms with Crippen molar-refractivity contribution < 1.29 is 9.59 Å². The highest BCUT2D eigenvalue weighted by Gasteiger charge is 2.05. The summed E-state index contributed by atoms with van der Waals surface area (Å²) in [4.78, 5) is 22.9. The van der Waals surface area contributed by atoms with Crippen LogP contribution >= 0.6 is 47.8 Å². The molecular formula is C22H29Br3N2O2. The molecule has 2 aromatic carbocycles. The average Bonchev–Trinajstić information content (AvgIpc) is 2.69. The lowest BCUT2D eigenvalue weighted by atomic mass is 10.2. The second-order valence-electron chi connectivity index (χ2n) is 6.01. The van der Waals surface area contributed by atoms with Gasteiger partial charge >= 0.3 is 0 Å². The molecule has 0 unspecified atom stereocenters. The topological polar surface area (TPSA) is 49.4 Å². The number of halogens is 3. The fourth-order valence-corrected chi connectivity index (χ4v) is 2.98. The van der Waals surface area contributed by atoms with Gasteiger partial charge in [-0.25, -0.2) is 0 Å². The summed E-state index contributed by atoms with van der Waals surface area (Å²) >= 11 is 10.1. The van der Waals surface area contributed by atoms with Gasteiger partial charge in [-0.15, -0.1) is 0 Å². The van der Waals surface area contributed by atoms with E-state index in [1.54, 1.807) is 6.92 Å². The summed E-state index contributed by atoms with van der Waals surface area (Å²) in [6, 6.07) is 16.3. The first kappa shape index (κ1) is 27.8. The first-order valence-electron chi connectivity index (χ1n) is 9.28. The van der Waals surface area contributed by atoms with Gasteiger partial charge in [0.15, 0.2) is 0 Å². The van der Waals surface area contributed by atoms with Crippen molar-refractivity contribution in [1.29, 1.82) is 0 Å². The van der Waals surface area contributed by atoms with Crippen LogP contribution in [0, 0.1) is 0 Å². The van der Waals surface area contributed by atoms with E-state index in [9.17, 15) is 9.59 Å². The van der Waals surface area contributed by atoms with Crippen molar-refractivity contribution in [3.63, 3.8) is 0 Å². The molecule has 2 rings (SSSR count). The number of alkyl halides is 1. The standard InChI is InChI=1S/C11H14BrNO.C7H6Br2.C4H9NO/c1-3-13(9(2)14)8-10-4-6-11(12)7-5-10;8-5-6-1-3-7(9)4-2-6;1-3-5-4(2)6/h4-7H,3,8H2,1-2H3;1-4H,5H2;3H2,1-2H3,(H,5,6). The van der Waals surface area contributed by atoms with Gasteiger partial charge in [0.2, 0.25) is 11.8 Å². The number of nitrogens with zero attached hydrogens (tertiary/aromatic N) is 1. The Kier molecular flexibility index (Phi) is 15.9. The fraction of sp³-hybridized carbons (Fsp3) is 0.364. The number of benzene rings is 2. The number of carbonyl (C=O) groups is 2. The Labute approximate surface area is 199 Å². The molecule has 0 saturated carbocycles. The first-order valence-corrected chi connectivity index (χ1v) is 12.0. The second kappa shape index (κ2) is 16.6. The molecule has 29 heavy (non-hydrogen) atoms. The minimum Gasteiger partial charge on any atom is -0.357 e. The minimum atomic E-state index is 0.0394. The number of hydrogen-bond acceptors (Lipinski definition) is 2. The highest BCUT2D eigenvalue weighted by atomic mass is 79.9. The van der Waals surface area contributed by atoms with Crippen LogP contribution in [-0.4, -0.2) is 29.8 Å². The molecule has 1 N–H and O–H groups in total. The first-order chi connectivity index (χ1) is 13.7. The van der Waals surface area contributed by atoms with Crippen LogP contribution in [0.1, 0.15) is 38.8 Å². The van der Waals surface area contributed by atoms with Crippen LogP contribution in [-0.2, 0) is 21.5 Å². The summed E-state index contributed by atoms with van der Waals surface area (Å²) in [6.07, 6.45) is 0. The van der Waals surface area contributed by atoms with Crippen LogP contribution in [0.3, 0.4) is 0 Å². The van der Waals surface area contributed by atoms with Crippen LogP contribution in [0.2, 0.25) is 0 Å². The predicted molar refractivity (Wildman–Crippen MR) is 132 cm³/mol. The van der Waals surface area contributed by atoms with E-state index < -0.39 is 0 Å². The molecular weight excluding hydrogens is 564 g/mol. The van der Waals surface area contributed by atoms with Crippen LogP contribution in [0.25, 0.3) is 0 Å². The van der Waals surface area contributed by atoms with E-state index in [1.807, 2.05) is 55.1 Å². The number of rotatable bonds is 5. The molecule has 0 aliphatic rings. The van der Waals surface area contributed by atoms with Crippen LogP contribution in [0.15, 0.2) is 57.5 Å². The molecule has 0 radical (unpaired) electrons. The van der Waals surface area contributed by atoms with Crippen LogP contribution < -0.4 is 5.32 Å². The number of nitrogens with one attached hydrogen (secondary N) is 1. The molecule has 0 saturated heterocycles. The van der Waals surface area contributed by atoms with Crippen molar-refractivity contribution in [2.45, 2.75) is 39.6 Å². The molecule has 0 heterocycles. The van der Waals surface area contributed by atoms with Crippen molar-refractivity contribution >= 4 is 59.6 Å². The van der Waals surface area contributed by atoms with E-state index in [0.717, 1.165) is 32.9 Å². The van der Waals surface area contributed by atoms with Gasteiger partial charge in [-0.2, -0.15) is 0 Å². The van der Waals surface area contributed by atoms with Crippen molar-refractivity contribution in [3.05, 3.63) is 68.6 Å². The summed E-state index contributed by atoms with van der Waals surface area (Å²) in [5, 5.41) is 3.50. The number of carbonyl (C=O) groups excluding carboxylic acids is 2. The molecule has 2 amide bonds. The molecule has 0 bridgehead atoms. The summed E-state index contributed by atoms with van der Waals surface area (Å²) < 4.78 is 2.19. The normalized spacial score (nSPS) is 9.34. The fourth-order valence-electron chi connectivity index (χ4n) is 2.08. The maximum absolute atomic E-state index is 11.2. The zero-order valence-electron chi connectivity index (χ0n) is 17.3. The monoisotopic (exact) mass is 590 g/mol. The van der Waals surface area contributed by atoms with Crippen LogP contribution in [0.4, 0.5) is 0 Å². The van der Waals surface area contributed by atoms with Gasteiger partial charge in [0, 0.05) is 47.8 Å². The second-order valence-corrected chi connectivity index (χ2v) is 8.40. The molecule has 0 aliphatic heterocycles. The van der Waals surface area contributed by atoms with Crippen LogP contribution in [0.5, 0.6) is 0 Å². The maximum atomic E-state index is 11.2. The summed E-state index contributed by atoms with van der Waals surface area (Å²) in [6.45, 7) is 9.16. The van der Waals surface area contributed by atoms with Crippen molar-refractivity contribution in [2.75, 3.05) is 13.1 Å². The Hall–Kier alpha value is -1.18. The van der Waals surface area contributed by atoms with E-state index in [0.29, 0.717) is 6.54 Å². The van der Waals surface area contributed by atoms with E-state index in [4.69, 9.17) is 0 Å². The highest BCUT2D eigenvalue weighted by molar-refractivity contribution is 9.10. The van der Waals surface area contributed by atoms with Crippen molar-refractivity contribution in [2.24, 2.45) is 0 Å². The van der Waals surface area contributed by atoms with Gasteiger partial charge in [0.05, 0.1) is 0 Å². The molecule has 0 fully saturated rings. The Morgan fingerprint density at radius 2 is 1.31 bits per heavy atom. The molecule has 0 aromatic heterocycles. The van der Waals surface area contributed by atoms with Crippen molar-refractivity contribution in [1.82, 2.24) is 10.2 Å². The molecule has 4 nitrogen and oxygen atoms in total. The highest BCUT2D eigenvalue weighted by Crippen LogP contribution is 2.13. The molecule has 2 aromatic rings. The molecule has 7 heteroatoms.